The number of pyridine rings is 1. The molecule has 0 aliphatic rings. The van der Waals surface area contributed by atoms with Crippen molar-refractivity contribution in [1.29, 1.82) is 0 Å². The number of rotatable bonds is 9. The van der Waals surface area contributed by atoms with Crippen LogP contribution >= 0.6 is 23.2 Å². The Labute approximate surface area is 128 Å². The molecule has 0 aliphatic carbocycles. The van der Waals surface area contributed by atoms with E-state index in [2.05, 4.69) is 10.3 Å². The smallest absolute Gasteiger partial charge is 0.252 e. The maximum absolute atomic E-state index is 11.9. The highest BCUT2D eigenvalue weighted by molar-refractivity contribution is 6.35. The number of nitrogens with zero attached hydrogens (tertiary/aromatic N) is 1. The van der Waals surface area contributed by atoms with Crippen molar-refractivity contribution >= 4 is 29.1 Å². The first kappa shape index (κ1) is 17.2. The van der Waals surface area contributed by atoms with Crippen LogP contribution in [0.25, 0.3) is 0 Å². The highest BCUT2D eigenvalue weighted by Crippen LogP contribution is 2.17. The lowest BCUT2D eigenvalue weighted by Crippen LogP contribution is -2.25. The predicted octanol–water partition coefficient (Wildman–Crippen LogP) is 2.56. The normalized spacial score (nSPS) is 10.6. The molecule has 1 N–H and O–H groups in total. The number of hydrogen-bond donors (Lipinski definition) is 1. The Morgan fingerprint density at radius 3 is 2.85 bits per heavy atom. The summed E-state index contributed by atoms with van der Waals surface area (Å²) in [7, 11) is 1.63. The van der Waals surface area contributed by atoms with Gasteiger partial charge < -0.3 is 14.8 Å². The second kappa shape index (κ2) is 9.94. The number of carbonyl (C=O) groups is 1. The van der Waals surface area contributed by atoms with Crippen LogP contribution in [0.15, 0.2) is 12.3 Å². The van der Waals surface area contributed by atoms with Gasteiger partial charge in [-0.05, 0) is 18.9 Å². The number of carbonyl (C=O) groups excluding carboxylic acids is 1. The van der Waals surface area contributed by atoms with Crippen LogP contribution in [-0.4, -0.2) is 44.4 Å². The first-order valence-corrected chi connectivity index (χ1v) is 7.06. The van der Waals surface area contributed by atoms with Crippen LogP contribution in [0.5, 0.6) is 0 Å². The van der Waals surface area contributed by atoms with Crippen molar-refractivity contribution in [1.82, 2.24) is 10.3 Å². The zero-order valence-electron chi connectivity index (χ0n) is 11.3. The summed E-state index contributed by atoms with van der Waals surface area (Å²) in [6.07, 6.45) is 3.06. The monoisotopic (exact) mass is 320 g/mol. The number of halogens is 2. The summed E-state index contributed by atoms with van der Waals surface area (Å²) < 4.78 is 10.2. The fraction of sp³-hybridized carbons (Fsp3) is 0.538. The van der Waals surface area contributed by atoms with Gasteiger partial charge in [-0.3, -0.25) is 4.79 Å². The maximum Gasteiger partial charge on any atom is 0.252 e. The average Bonchev–Trinajstić information content (AvgIpc) is 2.44. The number of methoxy groups -OCH3 is 1. The molecule has 0 saturated heterocycles. The van der Waals surface area contributed by atoms with E-state index >= 15 is 0 Å². The minimum Gasteiger partial charge on any atom is -0.382 e. The maximum atomic E-state index is 11.9. The first-order chi connectivity index (χ1) is 9.65. The van der Waals surface area contributed by atoms with Gasteiger partial charge in [0.2, 0.25) is 0 Å². The minimum absolute atomic E-state index is 0.242. The van der Waals surface area contributed by atoms with Crippen LogP contribution in [0.4, 0.5) is 0 Å². The van der Waals surface area contributed by atoms with Crippen molar-refractivity contribution in [3.63, 3.8) is 0 Å². The number of amides is 1. The molecular weight excluding hydrogens is 303 g/mol. The Hall–Kier alpha value is -0.880. The Balaban J connectivity index is 2.18. The lowest BCUT2D eigenvalue weighted by Gasteiger charge is -2.07. The Morgan fingerprint density at radius 2 is 2.10 bits per heavy atom. The third-order valence-corrected chi connectivity index (χ3v) is 3.01. The van der Waals surface area contributed by atoms with Gasteiger partial charge in [0.1, 0.15) is 5.15 Å². The van der Waals surface area contributed by atoms with Crippen LogP contribution in [0.2, 0.25) is 10.2 Å². The average molecular weight is 321 g/mol. The highest BCUT2D eigenvalue weighted by Gasteiger charge is 2.10. The molecule has 0 radical (unpaired) electrons. The van der Waals surface area contributed by atoms with Crippen molar-refractivity contribution in [2.75, 3.05) is 33.5 Å². The van der Waals surface area contributed by atoms with E-state index in [9.17, 15) is 4.79 Å². The van der Waals surface area contributed by atoms with Gasteiger partial charge in [-0.25, -0.2) is 4.98 Å². The molecule has 1 amide bonds. The number of ether oxygens (including phenoxy) is 2. The van der Waals surface area contributed by atoms with E-state index in [-0.39, 0.29) is 16.1 Å². The second-order valence-corrected chi connectivity index (χ2v) is 4.85. The summed E-state index contributed by atoms with van der Waals surface area (Å²) in [5.74, 6) is -0.250. The van der Waals surface area contributed by atoms with Gasteiger partial charge in [-0.2, -0.15) is 0 Å². The summed E-state index contributed by atoms with van der Waals surface area (Å²) in [4.78, 5) is 15.7. The van der Waals surface area contributed by atoms with Gasteiger partial charge in [0.05, 0.1) is 23.8 Å². The molecule has 7 heteroatoms. The van der Waals surface area contributed by atoms with Gasteiger partial charge in [0.25, 0.3) is 5.91 Å². The summed E-state index contributed by atoms with van der Waals surface area (Å²) in [5, 5.41) is 3.31. The number of nitrogens with one attached hydrogen (secondary N) is 1. The van der Waals surface area contributed by atoms with Crippen molar-refractivity contribution in [3.8, 4) is 0 Å². The highest BCUT2D eigenvalue weighted by atomic mass is 35.5. The zero-order valence-corrected chi connectivity index (χ0v) is 12.8. The Morgan fingerprint density at radius 1 is 1.30 bits per heavy atom. The van der Waals surface area contributed by atoms with E-state index < -0.39 is 0 Å². The van der Waals surface area contributed by atoms with E-state index in [4.69, 9.17) is 32.7 Å². The molecular formula is C13H18Cl2N2O3. The summed E-state index contributed by atoms with van der Waals surface area (Å²) in [6, 6.07) is 1.45. The predicted molar refractivity (Wildman–Crippen MR) is 78.5 cm³/mol. The minimum atomic E-state index is -0.250. The molecule has 112 valence electrons. The molecule has 0 aromatic carbocycles. The lowest BCUT2D eigenvalue weighted by atomic mass is 10.2. The van der Waals surface area contributed by atoms with E-state index in [0.29, 0.717) is 31.9 Å². The van der Waals surface area contributed by atoms with Crippen LogP contribution < -0.4 is 5.32 Å². The Kier molecular flexibility index (Phi) is 8.53. The van der Waals surface area contributed by atoms with E-state index in [1.165, 1.54) is 12.3 Å². The number of aromatic nitrogens is 1. The van der Waals surface area contributed by atoms with Gasteiger partial charge >= 0.3 is 0 Å². The van der Waals surface area contributed by atoms with Gasteiger partial charge in [-0.15, -0.1) is 0 Å². The summed E-state index contributed by atoms with van der Waals surface area (Å²) in [5.41, 5.74) is 0.336. The van der Waals surface area contributed by atoms with Crippen LogP contribution in [0, 0.1) is 0 Å². The zero-order chi connectivity index (χ0) is 14.8. The van der Waals surface area contributed by atoms with E-state index in [1.807, 2.05) is 0 Å². The molecule has 1 aromatic rings. The molecule has 0 atom stereocenters. The van der Waals surface area contributed by atoms with Gasteiger partial charge in [-0.1, -0.05) is 23.2 Å². The number of hydrogen-bond acceptors (Lipinski definition) is 4. The molecule has 1 heterocycles. The molecule has 1 rings (SSSR count). The molecule has 20 heavy (non-hydrogen) atoms. The van der Waals surface area contributed by atoms with Crippen molar-refractivity contribution in [2.24, 2.45) is 0 Å². The second-order valence-electron chi connectivity index (χ2n) is 4.06. The molecule has 1 aromatic heterocycles. The third kappa shape index (κ3) is 6.52. The van der Waals surface area contributed by atoms with E-state index in [1.54, 1.807) is 7.11 Å². The lowest BCUT2D eigenvalue weighted by molar-refractivity contribution is 0.0686. The van der Waals surface area contributed by atoms with Gasteiger partial charge in [0.15, 0.2) is 0 Å². The molecule has 0 fully saturated rings. The Bertz CT molecular complexity index is 430. The molecule has 5 nitrogen and oxygen atoms in total. The summed E-state index contributed by atoms with van der Waals surface area (Å²) >= 11 is 11.6. The third-order valence-electron chi connectivity index (χ3n) is 2.50. The van der Waals surface area contributed by atoms with Crippen LogP contribution in [-0.2, 0) is 9.47 Å². The molecule has 0 bridgehead atoms. The number of unbranched alkanes of at least 4 members (excludes halogenated alkanes) is 1. The van der Waals surface area contributed by atoms with Crippen LogP contribution in [0.3, 0.4) is 0 Å². The fourth-order valence-corrected chi connectivity index (χ4v) is 1.80. The largest absolute Gasteiger partial charge is 0.382 e. The topological polar surface area (TPSA) is 60.5 Å². The van der Waals surface area contributed by atoms with Gasteiger partial charge in [0, 0.05) is 26.5 Å². The van der Waals surface area contributed by atoms with Crippen molar-refractivity contribution < 1.29 is 14.3 Å². The fourth-order valence-electron chi connectivity index (χ4n) is 1.46. The molecule has 0 aliphatic heterocycles. The SMILES string of the molecule is COCCOCCCCNC(=O)c1cc(Cl)ncc1Cl. The van der Waals surface area contributed by atoms with Crippen LogP contribution in [0.1, 0.15) is 23.2 Å². The van der Waals surface area contributed by atoms with E-state index in [0.717, 1.165) is 12.8 Å². The standard InChI is InChI=1S/C13H18Cl2N2O3/c1-19-6-7-20-5-3-2-4-16-13(18)10-8-12(15)17-9-11(10)14/h8-9H,2-7H2,1H3,(H,16,18). The van der Waals surface area contributed by atoms with Crippen molar-refractivity contribution in [2.45, 2.75) is 12.8 Å². The summed E-state index contributed by atoms with van der Waals surface area (Å²) in [6.45, 7) is 2.40. The quantitative estimate of drug-likeness (QED) is 0.561. The molecule has 0 saturated carbocycles. The first-order valence-electron chi connectivity index (χ1n) is 6.31. The molecule has 0 unspecified atom stereocenters. The van der Waals surface area contributed by atoms with Crippen molar-refractivity contribution in [3.05, 3.63) is 28.0 Å². The molecule has 0 spiro atoms.